The zero-order chi connectivity index (χ0) is 14.8. The van der Waals surface area contributed by atoms with Gasteiger partial charge in [0.2, 0.25) is 6.29 Å². The van der Waals surface area contributed by atoms with Crippen LogP contribution in [0, 0.1) is 11.8 Å². The standard InChI is InChI=1S/C17H24O4/c1-17(20-14-15-21-17)11-7-4-2-3-5-8-12-18-16-10-6-9-13-19-16/h6,9-10,13,16H,3,5,7-8,11-12,14-15H2,1H3. The molecule has 0 N–H and O–H groups in total. The molecule has 0 amide bonds. The van der Waals surface area contributed by atoms with Gasteiger partial charge in [0.1, 0.15) is 0 Å². The first-order chi connectivity index (χ1) is 10.3. The molecule has 0 aromatic heterocycles. The average Bonchev–Trinajstić information content (AvgIpc) is 2.93. The molecular weight excluding hydrogens is 268 g/mol. The Morgan fingerprint density at radius 3 is 2.71 bits per heavy atom. The third-order valence-electron chi connectivity index (χ3n) is 3.38. The van der Waals surface area contributed by atoms with Gasteiger partial charge in [-0.05, 0) is 31.9 Å². The normalized spacial score (nSPS) is 22.6. The van der Waals surface area contributed by atoms with E-state index >= 15 is 0 Å². The molecule has 0 saturated carbocycles. The highest BCUT2D eigenvalue weighted by atomic mass is 16.7. The Kier molecular flexibility index (Phi) is 6.81. The van der Waals surface area contributed by atoms with Gasteiger partial charge in [-0.3, -0.25) is 0 Å². The molecule has 0 radical (unpaired) electrons. The lowest BCUT2D eigenvalue weighted by Gasteiger charge is -2.20. The average molecular weight is 292 g/mol. The summed E-state index contributed by atoms with van der Waals surface area (Å²) < 4.78 is 21.9. The Labute approximate surface area is 127 Å². The second-order valence-electron chi connectivity index (χ2n) is 5.23. The highest BCUT2D eigenvalue weighted by Crippen LogP contribution is 2.23. The third-order valence-corrected chi connectivity index (χ3v) is 3.38. The summed E-state index contributed by atoms with van der Waals surface area (Å²) in [6.07, 6.45) is 11.7. The molecule has 0 bridgehead atoms. The summed E-state index contributed by atoms with van der Waals surface area (Å²) in [7, 11) is 0. The van der Waals surface area contributed by atoms with Gasteiger partial charge in [-0.1, -0.05) is 6.08 Å². The first kappa shape index (κ1) is 16.1. The minimum atomic E-state index is -0.412. The molecule has 2 heterocycles. The number of unbranched alkanes of at least 4 members (excludes halogenated alkanes) is 2. The van der Waals surface area contributed by atoms with Gasteiger partial charge in [-0.25, -0.2) is 0 Å². The summed E-state index contributed by atoms with van der Waals surface area (Å²) in [6.45, 7) is 4.07. The highest BCUT2D eigenvalue weighted by Gasteiger charge is 2.29. The van der Waals surface area contributed by atoms with E-state index in [4.69, 9.17) is 18.9 Å². The first-order valence-electron chi connectivity index (χ1n) is 7.63. The Bertz CT molecular complexity index is 410. The molecule has 1 fully saturated rings. The molecular formula is C17H24O4. The molecule has 1 saturated heterocycles. The summed E-state index contributed by atoms with van der Waals surface area (Å²) in [6, 6.07) is 0. The molecule has 4 nitrogen and oxygen atoms in total. The molecule has 2 aliphatic heterocycles. The van der Waals surface area contributed by atoms with Crippen LogP contribution in [-0.2, 0) is 18.9 Å². The van der Waals surface area contributed by atoms with Crippen molar-refractivity contribution in [2.75, 3.05) is 19.8 Å². The molecule has 1 unspecified atom stereocenters. The van der Waals surface area contributed by atoms with E-state index in [0.717, 1.165) is 32.1 Å². The summed E-state index contributed by atoms with van der Waals surface area (Å²) >= 11 is 0. The van der Waals surface area contributed by atoms with Crippen LogP contribution in [0.4, 0.5) is 0 Å². The van der Waals surface area contributed by atoms with Crippen LogP contribution in [0.15, 0.2) is 24.5 Å². The number of hydrogen-bond donors (Lipinski definition) is 0. The first-order valence-corrected chi connectivity index (χ1v) is 7.63. The maximum atomic E-state index is 5.55. The zero-order valence-electron chi connectivity index (χ0n) is 12.7. The molecule has 0 aromatic carbocycles. The largest absolute Gasteiger partial charge is 0.469 e. The van der Waals surface area contributed by atoms with Gasteiger partial charge >= 0.3 is 0 Å². The highest BCUT2D eigenvalue weighted by molar-refractivity contribution is 5.05. The number of rotatable bonds is 7. The Balaban J connectivity index is 1.44. The monoisotopic (exact) mass is 292 g/mol. The molecule has 1 atom stereocenters. The van der Waals surface area contributed by atoms with Crippen molar-refractivity contribution < 1.29 is 18.9 Å². The molecule has 0 aromatic rings. The maximum Gasteiger partial charge on any atom is 0.219 e. The predicted molar refractivity (Wildman–Crippen MR) is 80.3 cm³/mol. The van der Waals surface area contributed by atoms with E-state index in [2.05, 4.69) is 11.8 Å². The van der Waals surface area contributed by atoms with Crippen molar-refractivity contribution in [2.45, 2.75) is 51.1 Å². The molecule has 2 aliphatic rings. The van der Waals surface area contributed by atoms with Gasteiger partial charge in [-0.2, -0.15) is 0 Å². The molecule has 4 heteroatoms. The number of allylic oxidation sites excluding steroid dienone is 2. The van der Waals surface area contributed by atoms with E-state index in [1.165, 1.54) is 0 Å². The SMILES string of the molecule is CC1(CCC#CCCCCOC2C=CC=CO2)OCCO1. The van der Waals surface area contributed by atoms with Gasteiger partial charge in [0.15, 0.2) is 5.79 Å². The fourth-order valence-corrected chi connectivity index (χ4v) is 2.15. The number of hydrogen-bond acceptors (Lipinski definition) is 4. The maximum absolute atomic E-state index is 5.55. The van der Waals surface area contributed by atoms with Crippen LogP contribution < -0.4 is 0 Å². The fourth-order valence-electron chi connectivity index (χ4n) is 2.15. The Morgan fingerprint density at radius 2 is 1.95 bits per heavy atom. The van der Waals surface area contributed by atoms with Crippen molar-refractivity contribution in [1.82, 2.24) is 0 Å². The van der Waals surface area contributed by atoms with Crippen LogP contribution in [0.1, 0.15) is 39.0 Å². The fraction of sp³-hybridized carbons (Fsp3) is 0.647. The van der Waals surface area contributed by atoms with E-state index in [1.54, 1.807) is 6.26 Å². The lowest BCUT2D eigenvalue weighted by Crippen LogP contribution is -2.24. The molecule has 116 valence electrons. The Morgan fingerprint density at radius 1 is 1.14 bits per heavy atom. The summed E-state index contributed by atoms with van der Waals surface area (Å²) in [5.74, 6) is 5.96. The lowest BCUT2D eigenvalue weighted by molar-refractivity contribution is -0.145. The van der Waals surface area contributed by atoms with Crippen molar-refractivity contribution in [3.8, 4) is 11.8 Å². The molecule has 0 aliphatic carbocycles. The van der Waals surface area contributed by atoms with E-state index in [-0.39, 0.29) is 6.29 Å². The van der Waals surface area contributed by atoms with Crippen LogP contribution in [-0.4, -0.2) is 31.9 Å². The van der Waals surface area contributed by atoms with Crippen molar-refractivity contribution in [3.63, 3.8) is 0 Å². The minimum Gasteiger partial charge on any atom is -0.469 e. The third kappa shape index (κ3) is 6.34. The Hall–Kier alpha value is -1.28. The van der Waals surface area contributed by atoms with Crippen LogP contribution in [0.25, 0.3) is 0 Å². The second kappa shape index (κ2) is 8.89. The van der Waals surface area contributed by atoms with E-state index in [9.17, 15) is 0 Å². The van der Waals surface area contributed by atoms with Gasteiger partial charge in [0, 0.05) is 19.3 Å². The summed E-state index contributed by atoms with van der Waals surface area (Å²) in [5.41, 5.74) is 0. The van der Waals surface area contributed by atoms with Crippen LogP contribution in [0.5, 0.6) is 0 Å². The summed E-state index contributed by atoms with van der Waals surface area (Å²) in [5, 5.41) is 0. The van der Waals surface area contributed by atoms with Crippen molar-refractivity contribution in [1.29, 1.82) is 0 Å². The van der Waals surface area contributed by atoms with Crippen molar-refractivity contribution in [3.05, 3.63) is 24.5 Å². The van der Waals surface area contributed by atoms with E-state index in [1.807, 2.05) is 25.2 Å². The smallest absolute Gasteiger partial charge is 0.219 e. The molecule has 2 rings (SSSR count). The molecule has 0 spiro atoms. The van der Waals surface area contributed by atoms with Crippen LogP contribution >= 0.6 is 0 Å². The van der Waals surface area contributed by atoms with Gasteiger partial charge < -0.3 is 18.9 Å². The van der Waals surface area contributed by atoms with Gasteiger partial charge in [0.05, 0.1) is 26.1 Å². The van der Waals surface area contributed by atoms with Gasteiger partial charge in [-0.15, -0.1) is 11.8 Å². The van der Waals surface area contributed by atoms with Crippen molar-refractivity contribution >= 4 is 0 Å². The zero-order valence-corrected chi connectivity index (χ0v) is 12.7. The van der Waals surface area contributed by atoms with Crippen LogP contribution in [0.3, 0.4) is 0 Å². The second-order valence-corrected chi connectivity index (χ2v) is 5.23. The lowest BCUT2D eigenvalue weighted by atomic mass is 10.1. The van der Waals surface area contributed by atoms with Crippen molar-refractivity contribution in [2.24, 2.45) is 0 Å². The predicted octanol–water partition coefficient (Wildman–Crippen LogP) is 3.15. The van der Waals surface area contributed by atoms with Crippen LogP contribution in [0.2, 0.25) is 0 Å². The van der Waals surface area contributed by atoms with E-state index in [0.29, 0.717) is 19.8 Å². The molecule has 21 heavy (non-hydrogen) atoms. The van der Waals surface area contributed by atoms with E-state index < -0.39 is 5.79 Å². The number of ether oxygens (including phenoxy) is 4. The topological polar surface area (TPSA) is 36.9 Å². The minimum absolute atomic E-state index is 0.228. The quantitative estimate of drug-likeness (QED) is 0.533. The summed E-state index contributed by atoms with van der Waals surface area (Å²) in [4.78, 5) is 0. The van der Waals surface area contributed by atoms with Gasteiger partial charge in [0.25, 0.3) is 0 Å².